The quantitative estimate of drug-likeness (QED) is 0.822. The van der Waals surface area contributed by atoms with Gasteiger partial charge in [0, 0.05) is 11.0 Å². The first-order chi connectivity index (χ1) is 7.61. The Kier molecular flexibility index (Phi) is 5.53. The minimum atomic E-state index is -0.00349. The first-order valence-electron chi connectivity index (χ1n) is 5.64. The third-order valence-electron chi connectivity index (χ3n) is 2.36. The van der Waals surface area contributed by atoms with E-state index in [1.807, 2.05) is 24.3 Å². The van der Waals surface area contributed by atoms with Crippen molar-refractivity contribution in [3.05, 3.63) is 34.3 Å². The highest BCUT2D eigenvalue weighted by Gasteiger charge is 2.07. The summed E-state index contributed by atoms with van der Waals surface area (Å²) in [4.78, 5) is 11.8. The van der Waals surface area contributed by atoms with Crippen molar-refractivity contribution < 1.29 is 4.79 Å². The Morgan fingerprint density at radius 1 is 1.38 bits per heavy atom. The predicted molar refractivity (Wildman–Crippen MR) is 70.5 cm³/mol. The molecule has 0 aliphatic rings. The molecule has 1 rings (SSSR count). The van der Waals surface area contributed by atoms with Gasteiger partial charge in [0.05, 0.1) is 5.56 Å². The van der Waals surface area contributed by atoms with Crippen LogP contribution in [0.2, 0.25) is 0 Å². The monoisotopic (exact) mass is 283 g/mol. The van der Waals surface area contributed by atoms with Gasteiger partial charge in [-0.15, -0.1) is 0 Å². The highest BCUT2D eigenvalue weighted by atomic mass is 79.9. The maximum Gasteiger partial charge on any atom is 0.252 e. The van der Waals surface area contributed by atoms with Gasteiger partial charge < -0.3 is 5.32 Å². The van der Waals surface area contributed by atoms with E-state index in [1.54, 1.807) is 0 Å². The second kappa shape index (κ2) is 6.69. The normalized spacial score (nSPS) is 10.5. The number of hydrogen-bond donors (Lipinski definition) is 1. The molecule has 1 N–H and O–H groups in total. The first-order valence-corrected chi connectivity index (χ1v) is 6.43. The first kappa shape index (κ1) is 13.2. The zero-order chi connectivity index (χ0) is 12.0. The molecule has 3 heteroatoms. The van der Waals surface area contributed by atoms with Gasteiger partial charge in [0.25, 0.3) is 5.91 Å². The number of carbonyl (C=O) groups excluding carboxylic acids is 1. The lowest BCUT2D eigenvalue weighted by atomic mass is 10.1. The standard InChI is InChI=1S/C13H18BrNO/c1-10(2)6-5-9-15-13(16)11-7-3-4-8-12(11)14/h3-4,7-8,10H,5-6,9H2,1-2H3,(H,15,16). The van der Waals surface area contributed by atoms with Crippen LogP contribution in [-0.4, -0.2) is 12.5 Å². The summed E-state index contributed by atoms with van der Waals surface area (Å²) in [5.41, 5.74) is 0.701. The van der Waals surface area contributed by atoms with Crippen molar-refractivity contribution in [2.24, 2.45) is 5.92 Å². The van der Waals surface area contributed by atoms with Gasteiger partial charge >= 0.3 is 0 Å². The van der Waals surface area contributed by atoms with Gasteiger partial charge in [0.15, 0.2) is 0 Å². The number of amides is 1. The summed E-state index contributed by atoms with van der Waals surface area (Å²) in [5, 5.41) is 2.93. The van der Waals surface area contributed by atoms with E-state index >= 15 is 0 Å². The highest BCUT2D eigenvalue weighted by molar-refractivity contribution is 9.10. The Bertz CT molecular complexity index is 350. The largest absolute Gasteiger partial charge is 0.352 e. The number of halogens is 1. The fourth-order valence-electron chi connectivity index (χ4n) is 1.45. The second-order valence-corrected chi connectivity index (χ2v) is 5.13. The molecule has 1 amide bonds. The van der Waals surface area contributed by atoms with Crippen LogP contribution in [0, 0.1) is 5.92 Å². The van der Waals surface area contributed by atoms with Crippen LogP contribution < -0.4 is 5.32 Å². The molecule has 16 heavy (non-hydrogen) atoms. The predicted octanol–water partition coefficient (Wildman–Crippen LogP) is 3.62. The molecule has 1 aromatic rings. The Morgan fingerprint density at radius 2 is 2.06 bits per heavy atom. The van der Waals surface area contributed by atoms with Crippen LogP contribution in [0.15, 0.2) is 28.7 Å². The van der Waals surface area contributed by atoms with Gasteiger partial charge in [-0.25, -0.2) is 0 Å². The minimum absolute atomic E-state index is 0.00349. The SMILES string of the molecule is CC(C)CCCNC(=O)c1ccccc1Br. The van der Waals surface area contributed by atoms with Crippen LogP contribution in [0.5, 0.6) is 0 Å². The smallest absolute Gasteiger partial charge is 0.252 e. The van der Waals surface area contributed by atoms with Crippen molar-refractivity contribution in [1.29, 1.82) is 0 Å². The minimum Gasteiger partial charge on any atom is -0.352 e. The molecule has 0 saturated carbocycles. The molecule has 0 aromatic heterocycles. The Hall–Kier alpha value is -0.830. The van der Waals surface area contributed by atoms with E-state index in [2.05, 4.69) is 35.1 Å². The summed E-state index contributed by atoms with van der Waals surface area (Å²) in [7, 11) is 0. The van der Waals surface area contributed by atoms with E-state index in [0.29, 0.717) is 11.5 Å². The van der Waals surface area contributed by atoms with Crippen molar-refractivity contribution in [3.8, 4) is 0 Å². The molecule has 2 nitrogen and oxygen atoms in total. The fourth-order valence-corrected chi connectivity index (χ4v) is 1.92. The van der Waals surface area contributed by atoms with E-state index in [0.717, 1.165) is 23.9 Å². The van der Waals surface area contributed by atoms with E-state index in [-0.39, 0.29) is 5.91 Å². The van der Waals surface area contributed by atoms with E-state index in [1.165, 1.54) is 0 Å². The maximum absolute atomic E-state index is 11.8. The summed E-state index contributed by atoms with van der Waals surface area (Å²) in [6.45, 7) is 5.13. The van der Waals surface area contributed by atoms with Gasteiger partial charge in [-0.2, -0.15) is 0 Å². The topological polar surface area (TPSA) is 29.1 Å². The van der Waals surface area contributed by atoms with Gasteiger partial charge in [-0.1, -0.05) is 26.0 Å². The van der Waals surface area contributed by atoms with Crippen molar-refractivity contribution in [3.63, 3.8) is 0 Å². The van der Waals surface area contributed by atoms with E-state index in [9.17, 15) is 4.79 Å². The number of hydrogen-bond acceptors (Lipinski definition) is 1. The zero-order valence-electron chi connectivity index (χ0n) is 9.79. The Balaban J connectivity index is 2.39. The molecule has 0 heterocycles. The molecule has 88 valence electrons. The van der Waals surface area contributed by atoms with Gasteiger partial charge in [0.2, 0.25) is 0 Å². The summed E-state index contributed by atoms with van der Waals surface area (Å²) >= 11 is 3.37. The molecule has 0 radical (unpaired) electrons. The number of nitrogens with one attached hydrogen (secondary N) is 1. The van der Waals surface area contributed by atoms with Crippen LogP contribution in [0.25, 0.3) is 0 Å². The molecule has 0 fully saturated rings. The molecule has 0 unspecified atom stereocenters. The van der Waals surface area contributed by atoms with Gasteiger partial charge in [-0.05, 0) is 46.8 Å². The third-order valence-corrected chi connectivity index (χ3v) is 3.05. The van der Waals surface area contributed by atoms with E-state index < -0.39 is 0 Å². The molecule has 0 bridgehead atoms. The number of benzene rings is 1. The van der Waals surface area contributed by atoms with Crippen molar-refractivity contribution >= 4 is 21.8 Å². The average molecular weight is 284 g/mol. The molecular weight excluding hydrogens is 266 g/mol. The lowest BCUT2D eigenvalue weighted by Gasteiger charge is -2.07. The highest BCUT2D eigenvalue weighted by Crippen LogP contribution is 2.15. The van der Waals surface area contributed by atoms with Crippen LogP contribution in [0.3, 0.4) is 0 Å². The summed E-state index contributed by atoms with van der Waals surface area (Å²) in [6.07, 6.45) is 2.18. The number of carbonyl (C=O) groups is 1. The average Bonchev–Trinajstić information content (AvgIpc) is 2.24. The fraction of sp³-hybridized carbons (Fsp3) is 0.462. The summed E-state index contributed by atoms with van der Waals surface area (Å²) in [6, 6.07) is 7.47. The lowest BCUT2D eigenvalue weighted by molar-refractivity contribution is 0.0952. The molecule has 0 saturated heterocycles. The van der Waals surface area contributed by atoms with Gasteiger partial charge in [-0.3, -0.25) is 4.79 Å². The van der Waals surface area contributed by atoms with Crippen LogP contribution in [-0.2, 0) is 0 Å². The molecule has 0 aliphatic heterocycles. The van der Waals surface area contributed by atoms with Crippen LogP contribution >= 0.6 is 15.9 Å². The maximum atomic E-state index is 11.8. The molecule has 1 aromatic carbocycles. The molecule has 0 spiro atoms. The number of rotatable bonds is 5. The lowest BCUT2D eigenvalue weighted by Crippen LogP contribution is -2.24. The summed E-state index contributed by atoms with van der Waals surface area (Å²) < 4.78 is 0.844. The molecule has 0 aliphatic carbocycles. The molecule has 0 atom stereocenters. The zero-order valence-corrected chi connectivity index (χ0v) is 11.4. The van der Waals surface area contributed by atoms with Crippen molar-refractivity contribution in [2.45, 2.75) is 26.7 Å². The Morgan fingerprint density at radius 3 is 2.69 bits per heavy atom. The van der Waals surface area contributed by atoms with Crippen LogP contribution in [0.1, 0.15) is 37.0 Å². The second-order valence-electron chi connectivity index (χ2n) is 4.27. The summed E-state index contributed by atoms with van der Waals surface area (Å²) in [5.74, 6) is 0.691. The molecular formula is C13H18BrNO. The van der Waals surface area contributed by atoms with Crippen molar-refractivity contribution in [1.82, 2.24) is 5.32 Å². The van der Waals surface area contributed by atoms with Crippen molar-refractivity contribution in [2.75, 3.05) is 6.54 Å². The van der Waals surface area contributed by atoms with E-state index in [4.69, 9.17) is 0 Å². The third kappa shape index (κ3) is 4.35. The van der Waals surface area contributed by atoms with Gasteiger partial charge in [0.1, 0.15) is 0 Å². The van der Waals surface area contributed by atoms with Crippen LogP contribution in [0.4, 0.5) is 0 Å². The Labute approximate surface area is 106 Å².